The molecule has 2 N–H and O–H groups in total. The van der Waals surface area contributed by atoms with E-state index >= 15 is 0 Å². The van der Waals surface area contributed by atoms with E-state index in [1.54, 1.807) is 0 Å². The molecule has 19 heavy (non-hydrogen) atoms. The van der Waals surface area contributed by atoms with E-state index in [1.165, 1.54) is 29.7 Å². The van der Waals surface area contributed by atoms with Gasteiger partial charge in [-0.2, -0.15) is 0 Å². The minimum Gasteiger partial charge on any atom is -0.369 e. The lowest BCUT2D eigenvalue weighted by Gasteiger charge is -2.48. The van der Waals surface area contributed by atoms with Gasteiger partial charge in [0.25, 0.3) is 0 Å². The van der Waals surface area contributed by atoms with Gasteiger partial charge in [-0.25, -0.2) is 0 Å². The summed E-state index contributed by atoms with van der Waals surface area (Å²) in [5.41, 5.74) is 10.3. The van der Waals surface area contributed by atoms with Gasteiger partial charge in [0.05, 0.1) is 5.54 Å². The maximum absolute atomic E-state index is 6.09. The van der Waals surface area contributed by atoms with E-state index in [1.807, 2.05) is 0 Å². The van der Waals surface area contributed by atoms with Crippen molar-refractivity contribution in [3.63, 3.8) is 0 Å². The van der Waals surface area contributed by atoms with Gasteiger partial charge in [0.15, 0.2) is 0 Å². The molecule has 0 aromatic heterocycles. The van der Waals surface area contributed by atoms with Crippen LogP contribution in [0.25, 0.3) is 0 Å². The number of aryl methyl sites for hydroxylation is 2. The van der Waals surface area contributed by atoms with E-state index in [0.29, 0.717) is 0 Å². The van der Waals surface area contributed by atoms with Crippen LogP contribution in [-0.2, 0) is 0 Å². The van der Waals surface area contributed by atoms with Gasteiger partial charge < -0.3 is 15.5 Å². The Morgan fingerprint density at radius 2 is 1.89 bits per heavy atom. The van der Waals surface area contributed by atoms with E-state index in [2.05, 4.69) is 55.9 Å². The van der Waals surface area contributed by atoms with Crippen molar-refractivity contribution in [3.8, 4) is 0 Å². The van der Waals surface area contributed by atoms with Crippen LogP contribution in [0.2, 0.25) is 0 Å². The SMILES string of the molecule is Cc1cccc(C)c1N1CCCC(CN)(N(C)C)C1. The highest BCUT2D eigenvalue weighted by Gasteiger charge is 2.36. The molecule has 0 saturated carbocycles. The van der Waals surface area contributed by atoms with Crippen LogP contribution >= 0.6 is 0 Å². The Morgan fingerprint density at radius 3 is 2.42 bits per heavy atom. The van der Waals surface area contributed by atoms with Gasteiger partial charge in [0.2, 0.25) is 0 Å². The lowest BCUT2D eigenvalue weighted by Crippen LogP contribution is -2.60. The van der Waals surface area contributed by atoms with Crippen molar-refractivity contribution < 1.29 is 0 Å². The molecule has 1 fully saturated rings. The summed E-state index contributed by atoms with van der Waals surface area (Å²) in [5.74, 6) is 0. The lowest BCUT2D eigenvalue weighted by molar-refractivity contribution is 0.135. The normalized spacial score (nSPS) is 24.0. The summed E-state index contributed by atoms with van der Waals surface area (Å²) in [7, 11) is 4.31. The van der Waals surface area contributed by atoms with Gasteiger partial charge in [0, 0.05) is 25.3 Å². The second kappa shape index (κ2) is 5.51. The van der Waals surface area contributed by atoms with Gasteiger partial charge >= 0.3 is 0 Å². The number of benzene rings is 1. The van der Waals surface area contributed by atoms with Crippen LogP contribution in [0.3, 0.4) is 0 Å². The van der Waals surface area contributed by atoms with Crippen molar-refractivity contribution >= 4 is 5.69 Å². The van der Waals surface area contributed by atoms with Crippen molar-refractivity contribution in [2.24, 2.45) is 5.73 Å². The number of rotatable bonds is 3. The zero-order valence-corrected chi connectivity index (χ0v) is 12.7. The van der Waals surface area contributed by atoms with Crippen LogP contribution < -0.4 is 10.6 Å². The Bertz CT molecular complexity index is 421. The summed E-state index contributed by atoms with van der Waals surface area (Å²) in [5, 5.41) is 0. The first kappa shape index (κ1) is 14.4. The quantitative estimate of drug-likeness (QED) is 0.905. The molecule has 1 heterocycles. The highest BCUT2D eigenvalue weighted by Crippen LogP contribution is 2.32. The van der Waals surface area contributed by atoms with Crippen molar-refractivity contribution in [1.29, 1.82) is 0 Å². The summed E-state index contributed by atoms with van der Waals surface area (Å²) in [6, 6.07) is 6.55. The lowest BCUT2D eigenvalue weighted by atomic mass is 9.87. The number of piperidine rings is 1. The van der Waals surface area contributed by atoms with E-state index in [0.717, 1.165) is 19.6 Å². The zero-order chi connectivity index (χ0) is 14.0. The number of anilines is 1. The molecule has 1 aromatic rings. The molecule has 1 aliphatic heterocycles. The largest absolute Gasteiger partial charge is 0.369 e. The highest BCUT2D eigenvalue weighted by molar-refractivity contribution is 5.59. The Kier molecular flexibility index (Phi) is 4.16. The van der Waals surface area contributed by atoms with Crippen LogP contribution in [0, 0.1) is 13.8 Å². The van der Waals surface area contributed by atoms with E-state index < -0.39 is 0 Å². The van der Waals surface area contributed by atoms with Gasteiger partial charge in [0.1, 0.15) is 0 Å². The molecule has 3 nitrogen and oxygen atoms in total. The van der Waals surface area contributed by atoms with Crippen molar-refractivity contribution in [3.05, 3.63) is 29.3 Å². The minimum absolute atomic E-state index is 0.118. The van der Waals surface area contributed by atoms with Crippen molar-refractivity contribution in [2.45, 2.75) is 32.2 Å². The number of nitrogens with zero attached hydrogens (tertiary/aromatic N) is 2. The Balaban J connectivity index is 2.31. The van der Waals surface area contributed by atoms with Gasteiger partial charge in [-0.3, -0.25) is 0 Å². The summed E-state index contributed by atoms with van der Waals surface area (Å²) in [6.45, 7) is 7.30. The monoisotopic (exact) mass is 261 g/mol. The molecule has 1 saturated heterocycles. The van der Waals surface area contributed by atoms with E-state index in [-0.39, 0.29) is 5.54 Å². The standard InChI is InChI=1S/C16H27N3/c1-13-7-5-8-14(2)15(13)19-10-6-9-16(11-17,12-19)18(3)4/h5,7-8H,6,9-12,17H2,1-4H3. The first-order chi connectivity index (χ1) is 9.00. The molecular formula is C16H27N3. The fourth-order valence-electron chi connectivity index (χ4n) is 3.32. The highest BCUT2D eigenvalue weighted by atomic mass is 15.3. The molecule has 0 spiro atoms. The molecule has 1 atom stereocenters. The zero-order valence-electron chi connectivity index (χ0n) is 12.7. The van der Waals surface area contributed by atoms with Crippen LogP contribution in [0.5, 0.6) is 0 Å². The third kappa shape index (κ3) is 2.63. The number of likely N-dealkylation sites (N-methyl/N-ethyl adjacent to an activating group) is 1. The first-order valence-corrected chi connectivity index (χ1v) is 7.19. The molecule has 2 rings (SSSR count). The van der Waals surface area contributed by atoms with Crippen LogP contribution in [0.1, 0.15) is 24.0 Å². The van der Waals surface area contributed by atoms with E-state index in [4.69, 9.17) is 5.73 Å². The van der Waals surface area contributed by atoms with Gasteiger partial charge in [-0.05, 0) is 51.9 Å². The van der Waals surface area contributed by atoms with Crippen LogP contribution in [0.15, 0.2) is 18.2 Å². The number of hydrogen-bond donors (Lipinski definition) is 1. The second-order valence-electron chi connectivity index (χ2n) is 6.09. The third-order valence-corrected chi connectivity index (χ3v) is 4.64. The molecule has 1 aliphatic rings. The van der Waals surface area contributed by atoms with Crippen LogP contribution in [0.4, 0.5) is 5.69 Å². The number of hydrogen-bond acceptors (Lipinski definition) is 3. The molecule has 0 aliphatic carbocycles. The minimum atomic E-state index is 0.118. The van der Waals surface area contributed by atoms with Crippen molar-refractivity contribution in [2.75, 3.05) is 38.6 Å². The number of para-hydroxylation sites is 1. The van der Waals surface area contributed by atoms with Gasteiger partial charge in [-0.1, -0.05) is 18.2 Å². The molecule has 1 aromatic carbocycles. The smallest absolute Gasteiger partial charge is 0.0501 e. The molecule has 0 bridgehead atoms. The summed E-state index contributed by atoms with van der Waals surface area (Å²) in [6.07, 6.45) is 2.40. The summed E-state index contributed by atoms with van der Waals surface area (Å²) in [4.78, 5) is 4.84. The average Bonchev–Trinajstić information content (AvgIpc) is 2.38. The predicted octanol–water partition coefficient (Wildman–Crippen LogP) is 2.16. The Labute approximate surface area is 117 Å². The Morgan fingerprint density at radius 1 is 1.26 bits per heavy atom. The molecular weight excluding hydrogens is 234 g/mol. The first-order valence-electron chi connectivity index (χ1n) is 7.19. The molecule has 1 unspecified atom stereocenters. The van der Waals surface area contributed by atoms with E-state index in [9.17, 15) is 0 Å². The maximum Gasteiger partial charge on any atom is 0.0501 e. The predicted molar refractivity (Wildman–Crippen MR) is 82.8 cm³/mol. The summed E-state index contributed by atoms with van der Waals surface area (Å²) < 4.78 is 0. The fourth-order valence-corrected chi connectivity index (χ4v) is 3.32. The Hall–Kier alpha value is -1.06. The van der Waals surface area contributed by atoms with Crippen LogP contribution in [-0.4, -0.2) is 44.2 Å². The average molecular weight is 261 g/mol. The summed E-state index contributed by atoms with van der Waals surface area (Å²) >= 11 is 0. The molecule has 3 heteroatoms. The fraction of sp³-hybridized carbons (Fsp3) is 0.625. The van der Waals surface area contributed by atoms with Gasteiger partial charge in [-0.15, -0.1) is 0 Å². The molecule has 106 valence electrons. The molecule has 0 radical (unpaired) electrons. The molecule has 0 amide bonds. The topological polar surface area (TPSA) is 32.5 Å². The third-order valence-electron chi connectivity index (χ3n) is 4.64. The second-order valence-corrected chi connectivity index (χ2v) is 6.09. The maximum atomic E-state index is 6.09. The van der Waals surface area contributed by atoms with Crippen molar-refractivity contribution in [1.82, 2.24) is 4.90 Å². The number of nitrogens with two attached hydrogens (primary N) is 1.